The van der Waals surface area contributed by atoms with Gasteiger partial charge in [0.1, 0.15) is 16.7 Å². The lowest BCUT2D eigenvalue weighted by atomic mass is 9.91. The van der Waals surface area contributed by atoms with Crippen molar-refractivity contribution in [1.82, 2.24) is 19.9 Å². The molecule has 262 valence electrons. The first-order valence-corrected chi connectivity index (χ1v) is 18.5. The quantitative estimate of drug-likeness (QED) is 0.170. The van der Waals surface area contributed by atoms with E-state index >= 15 is 0 Å². The van der Waals surface area contributed by atoms with Crippen LogP contribution in [0.3, 0.4) is 0 Å². The van der Waals surface area contributed by atoms with Crippen LogP contribution in [0.25, 0.3) is 112 Å². The number of oxazole rings is 1. The SMILES string of the molecule is c1ccc(-c2nc(-c3ccccc3)nc(-c3ccc(-c4ccc(-c5cccc6c5oc5cc7nc(-c8ccccc8)oc7cc56)c5ccccc45)cc3)n2)cc1. The number of furan rings is 1. The molecule has 11 aromatic rings. The molecule has 0 aliphatic carbocycles. The molecule has 8 aromatic carbocycles. The Morgan fingerprint density at radius 2 is 0.821 bits per heavy atom. The Morgan fingerprint density at radius 3 is 1.46 bits per heavy atom. The molecule has 6 heteroatoms. The van der Waals surface area contributed by atoms with Gasteiger partial charge in [0.2, 0.25) is 5.89 Å². The van der Waals surface area contributed by atoms with Gasteiger partial charge in [0, 0.05) is 44.7 Å². The molecule has 0 radical (unpaired) electrons. The molecular weight excluding hydrogens is 689 g/mol. The summed E-state index contributed by atoms with van der Waals surface area (Å²) in [6.07, 6.45) is 0. The highest BCUT2D eigenvalue weighted by atomic mass is 16.4. The summed E-state index contributed by atoms with van der Waals surface area (Å²) < 4.78 is 12.9. The molecule has 56 heavy (non-hydrogen) atoms. The first kappa shape index (κ1) is 31.8. The van der Waals surface area contributed by atoms with Crippen LogP contribution in [0.2, 0.25) is 0 Å². The minimum absolute atomic E-state index is 0.597. The Morgan fingerprint density at radius 1 is 0.304 bits per heavy atom. The van der Waals surface area contributed by atoms with E-state index in [4.69, 9.17) is 28.8 Å². The zero-order chi connectivity index (χ0) is 37.0. The molecule has 0 saturated carbocycles. The third-order valence-electron chi connectivity index (χ3n) is 10.4. The van der Waals surface area contributed by atoms with Gasteiger partial charge in [-0.05, 0) is 45.7 Å². The summed E-state index contributed by atoms with van der Waals surface area (Å²) in [6, 6.07) is 61.9. The fraction of sp³-hybridized carbons (Fsp3) is 0. The number of hydrogen-bond donors (Lipinski definition) is 0. The normalized spacial score (nSPS) is 11.6. The fourth-order valence-corrected chi connectivity index (χ4v) is 7.66. The summed E-state index contributed by atoms with van der Waals surface area (Å²) in [4.78, 5) is 19.5. The molecule has 0 fully saturated rings. The molecule has 0 N–H and O–H groups in total. The van der Waals surface area contributed by atoms with Gasteiger partial charge in [0.15, 0.2) is 23.1 Å². The Hall–Kier alpha value is -7.70. The lowest BCUT2D eigenvalue weighted by Gasteiger charge is -2.13. The highest BCUT2D eigenvalue weighted by Crippen LogP contribution is 2.42. The van der Waals surface area contributed by atoms with E-state index in [0.29, 0.717) is 23.4 Å². The van der Waals surface area contributed by atoms with E-state index in [0.717, 1.165) is 88.3 Å². The molecule has 3 aromatic heterocycles. The van der Waals surface area contributed by atoms with Crippen LogP contribution in [0.1, 0.15) is 0 Å². The van der Waals surface area contributed by atoms with Gasteiger partial charge < -0.3 is 8.83 Å². The largest absolute Gasteiger partial charge is 0.455 e. The van der Waals surface area contributed by atoms with Crippen LogP contribution in [0.5, 0.6) is 0 Å². The van der Waals surface area contributed by atoms with Crippen molar-refractivity contribution in [3.05, 3.63) is 182 Å². The zero-order valence-electron chi connectivity index (χ0n) is 29.9. The summed E-state index contributed by atoms with van der Waals surface area (Å²) in [6.45, 7) is 0. The third kappa shape index (κ3) is 5.43. The number of nitrogens with zero attached hydrogens (tertiary/aromatic N) is 4. The summed E-state index contributed by atoms with van der Waals surface area (Å²) in [5.74, 6) is 2.51. The predicted octanol–water partition coefficient (Wildman–Crippen LogP) is 13.1. The molecule has 0 atom stereocenters. The molecule has 0 saturated heterocycles. The summed E-state index contributed by atoms with van der Waals surface area (Å²) in [5, 5.41) is 4.32. The molecule has 0 amide bonds. The van der Waals surface area contributed by atoms with E-state index in [1.165, 1.54) is 0 Å². The average molecular weight is 719 g/mol. The van der Waals surface area contributed by atoms with Crippen molar-refractivity contribution in [3.63, 3.8) is 0 Å². The maximum Gasteiger partial charge on any atom is 0.227 e. The minimum atomic E-state index is 0.597. The van der Waals surface area contributed by atoms with Crippen LogP contribution < -0.4 is 0 Å². The number of aromatic nitrogens is 4. The fourth-order valence-electron chi connectivity index (χ4n) is 7.66. The smallest absolute Gasteiger partial charge is 0.227 e. The Balaban J connectivity index is 0.980. The highest BCUT2D eigenvalue weighted by Gasteiger charge is 2.19. The molecule has 0 aliphatic rings. The van der Waals surface area contributed by atoms with Crippen LogP contribution in [0, 0.1) is 0 Å². The number of para-hydroxylation sites is 1. The predicted molar refractivity (Wildman–Crippen MR) is 225 cm³/mol. The molecule has 6 nitrogen and oxygen atoms in total. The van der Waals surface area contributed by atoms with Gasteiger partial charge in [-0.2, -0.15) is 0 Å². The van der Waals surface area contributed by atoms with E-state index in [9.17, 15) is 0 Å². The molecule has 3 heterocycles. The number of benzene rings is 8. The second-order valence-corrected chi connectivity index (χ2v) is 13.8. The first-order chi connectivity index (χ1) is 27.7. The summed E-state index contributed by atoms with van der Waals surface area (Å²) >= 11 is 0. The second-order valence-electron chi connectivity index (χ2n) is 13.8. The number of hydrogen-bond acceptors (Lipinski definition) is 6. The molecule has 0 bridgehead atoms. The molecule has 11 rings (SSSR count). The minimum Gasteiger partial charge on any atom is -0.455 e. The van der Waals surface area contributed by atoms with Crippen molar-refractivity contribution in [3.8, 4) is 67.9 Å². The average Bonchev–Trinajstić information content (AvgIpc) is 3.87. The second kappa shape index (κ2) is 13.0. The van der Waals surface area contributed by atoms with Gasteiger partial charge in [-0.3, -0.25) is 0 Å². The summed E-state index contributed by atoms with van der Waals surface area (Å²) in [5.41, 5.74) is 11.2. The molecule has 0 aliphatic heterocycles. The van der Waals surface area contributed by atoms with Crippen LogP contribution in [-0.2, 0) is 0 Å². The van der Waals surface area contributed by atoms with Gasteiger partial charge in [-0.1, -0.05) is 158 Å². The van der Waals surface area contributed by atoms with Crippen LogP contribution in [0.15, 0.2) is 191 Å². The van der Waals surface area contributed by atoms with Gasteiger partial charge in [0.05, 0.1) is 0 Å². The number of rotatable bonds is 6. The van der Waals surface area contributed by atoms with Crippen molar-refractivity contribution in [2.45, 2.75) is 0 Å². The molecule has 0 spiro atoms. The van der Waals surface area contributed by atoms with Crippen LogP contribution in [0.4, 0.5) is 0 Å². The van der Waals surface area contributed by atoms with Gasteiger partial charge >= 0.3 is 0 Å². The Kier molecular flexibility index (Phi) is 7.38. The van der Waals surface area contributed by atoms with Crippen molar-refractivity contribution in [1.29, 1.82) is 0 Å². The standard InChI is InChI=1S/C50H30N4O2/c1-4-13-32(14-5-1)47-52-48(33-15-6-2-7-16-33)54-49(53-47)34-25-23-31(24-26-34)36-27-28-39(38-20-11-10-19-37(36)38)40-21-12-22-41-42-29-45-43(30-44(42)55-46(40)41)51-50(56-45)35-17-8-3-9-18-35/h1-30H. The van der Waals surface area contributed by atoms with E-state index in [1.807, 2.05) is 103 Å². The topological polar surface area (TPSA) is 77.8 Å². The van der Waals surface area contributed by atoms with Gasteiger partial charge in [-0.15, -0.1) is 0 Å². The van der Waals surface area contributed by atoms with Gasteiger partial charge in [-0.25, -0.2) is 19.9 Å². The van der Waals surface area contributed by atoms with Crippen molar-refractivity contribution >= 4 is 43.8 Å². The number of fused-ring (bicyclic) bond motifs is 5. The van der Waals surface area contributed by atoms with Crippen molar-refractivity contribution in [2.75, 3.05) is 0 Å². The van der Waals surface area contributed by atoms with E-state index in [2.05, 4.69) is 78.9 Å². The third-order valence-corrected chi connectivity index (χ3v) is 10.4. The Labute approximate surface area is 321 Å². The van der Waals surface area contributed by atoms with Crippen molar-refractivity contribution < 1.29 is 8.83 Å². The van der Waals surface area contributed by atoms with E-state index < -0.39 is 0 Å². The molecule has 0 unspecified atom stereocenters. The Bertz CT molecular complexity index is 3170. The maximum absolute atomic E-state index is 6.66. The van der Waals surface area contributed by atoms with Crippen LogP contribution >= 0.6 is 0 Å². The van der Waals surface area contributed by atoms with Gasteiger partial charge in [0.25, 0.3) is 0 Å². The van der Waals surface area contributed by atoms with E-state index in [1.54, 1.807) is 0 Å². The zero-order valence-corrected chi connectivity index (χ0v) is 29.9. The van der Waals surface area contributed by atoms with E-state index in [-0.39, 0.29) is 0 Å². The highest BCUT2D eigenvalue weighted by molar-refractivity contribution is 6.15. The first-order valence-electron chi connectivity index (χ1n) is 18.5. The lowest BCUT2D eigenvalue weighted by Crippen LogP contribution is -2.00. The molecular formula is C50H30N4O2. The maximum atomic E-state index is 6.66. The summed E-state index contributed by atoms with van der Waals surface area (Å²) in [7, 11) is 0. The monoisotopic (exact) mass is 718 g/mol. The lowest BCUT2D eigenvalue weighted by molar-refractivity contribution is 0.620. The van der Waals surface area contributed by atoms with Crippen LogP contribution in [-0.4, -0.2) is 19.9 Å². The van der Waals surface area contributed by atoms with Crippen molar-refractivity contribution in [2.24, 2.45) is 0 Å².